The zero-order valence-corrected chi connectivity index (χ0v) is 13.2. The SMILES string of the molecule is N#Cc1c(Cl)nc(CC2CC2)nc1-c1ccc(Cl)c(Cl)c1. The van der Waals surface area contributed by atoms with Crippen LogP contribution in [0.3, 0.4) is 0 Å². The van der Waals surface area contributed by atoms with Gasteiger partial charge in [0.1, 0.15) is 17.5 Å². The predicted octanol–water partition coefficient (Wildman–Crippen LogP) is 4.93. The molecule has 0 radical (unpaired) electrons. The van der Waals surface area contributed by atoms with Gasteiger partial charge >= 0.3 is 0 Å². The van der Waals surface area contributed by atoms with Crippen molar-refractivity contribution in [1.82, 2.24) is 9.97 Å². The van der Waals surface area contributed by atoms with Gasteiger partial charge < -0.3 is 0 Å². The van der Waals surface area contributed by atoms with Crippen molar-refractivity contribution < 1.29 is 0 Å². The van der Waals surface area contributed by atoms with Gasteiger partial charge in [-0.25, -0.2) is 9.97 Å². The van der Waals surface area contributed by atoms with Crippen LogP contribution in [-0.4, -0.2) is 9.97 Å². The van der Waals surface area contributed by atoms with Crippen molar-refractivity contribution in [3.63, 3.8) is 0 Å². The van der Waals surface area contributed by atoms with Gasteiger partial charge in [0.2, 0.25) is 0 Å². The van der Waals surface area contributed by atoms with Crippen LogP contribution in [0.25, 0.3) is 11.3 Å². The normalized spacial score (nSPS) is 14.0. The monoisotopic (exact) mass is 337 g/mol. The van der Waals surface area contributed by atoms with Crippen LogP contribution in [0.5, 0.6) is 0 Å². The smallest absolute Gasteiger partial charge is 0.151 e. The van der Waals surface area contributed by atoms with E-state index in [4.69, 9.17) is 34.8 Å². The number of hydrogen-bond acceptors (Lipinski definition) is 3. The van der Waals surface area contributed by atoms with E-state index in [9.17, 15) is 5.26 Å². The molecule has 0 saturated heterocycles. The first-order chi connectivity index (χ1) is 10.1. The molecule has 2 aromatic rings. The lowest BCUT2D eigenvalue weighted by Crippen LogP contribution is -2.02. The molecule has 0 amide bonds. The Hall–Kier alpha value is -1.34. The van der Waals surface area contributed by atoms with E-state index in [-0.39, 0.29) is 10.7 Å². The lowest BCUT2D eigenvalue weighted by Gasteiger charge is -2.08. The topological polar surface area (TPSA) is 49.6 Å². The molecule has 1 aliphatic carbocycles. The molecule has 106 valence electrons. The number of nitrogens with zero attached hydrogens (tertiary/aromatic N) is 3. The first-order valence-electron chi connectivity index (χ1n) is 6.50. The third kappa shape index (κ3) is 3.13. The average Bonchev–Trinajstić information content (AvgIpc) is 3.25. The van der Waals surface area contributed by atoms with E-state index in [0.29, 0.717) is 33.0 Å². The van der Waals surface area contributed by atoms with Gasteiger partial charge in [-0.1, -0.05) is 40.9 Å². The predicted molar refractivity (Wildman–Crippen MR) is 83.6 cm³/mol. The zero-order valence-electron chi connectivity index (χ0n) is 10.9. The van der Waals surface area contributed by atoms with Crippen molar-refractivity contribution in [2.45, 2.75) is 19.3 Å². The summed E-state index contributed by atoms with van der Waals surface area (Å²) in [6.07, 6.45) is 3.19. The van der Waals surface area contributed by atoms with Gasteiger partial charge in [0.25, 0.3) is 0 Å². The fourth-order valence-electron chi connectivity index (χ4n) is 2.10. The van der Waals surface area contributed by atoms with E-state index < -0.39 is 0 Å². The zero-order chi connectivity index (χ0) is 15.0. The van der Waals surface area contributed by atoms with E-state index in [1.165, 1.54) is 12.8 Å². The Morgan fingerprint density at radius 3 is 2.52 bits per heavy atom. The summed E-state index contributed by atoms with van der Waals surface area (Å²) in [4.78, 5) is 8.73. The van der Waals surface area contributed by atoms with Gasteiger partial charge in [0.05, 0.1) is 15.7 Å². The van der Waals surface area contributed by atoms with Crippen LogP contribution in [0.15, 0.2) is 18.2 Å². The quantitative estimate of drug-likeness (QED) is 0.746. The Morgan fingerprint density at radius 1 is 1.14 bits per heavy atom. The molecule has 1 aliphatic rings. The molecule has 0 spiro atoms. The average molecular weight is 339 g/mol. The second-order valence-corrected chi connectivity index (χ2v) is 6.21. The molecule has 3 nitrogen and oxygen atoms in total. The maximum atomic E-state index is 9.30. The molecule has 3 rings (SSSR count). The molecule has 21 heavy (non-hydrogen) atoms. The Morgan fingerprint density at radius 2 is 1.90 bits per heavy atom. The second kappa shape index (κ2) is 5.81. The summed E-state index contributed by atoms with van der Waals surface area (Å²) in [5.41, 5.74) is 1.48. The van der Waals surface area contributed by atoms with Crippen molar-refractivity contribution >= 4 is 34.8 Å². The molecule has 6 heteroatoms. The molecule has 0 aliphatic heterocycles. The maximum absolute atomic E-state index is 9.30. The van der Waals surface area contributed by atoms with E-state index in [2.05, 4.69) is 16.0 Å². The highest BCUT2D eigenvalue weighted by atomic mass is 35.5. The van der Waals surface area contributed by atoms with Crippen LogP contribution >= 0.6 is 34.8 Å². The molecule has 0 N–H and O–H groups in total. The molecular formula is C15H10Cl3N3. The summed E-state index contributed by atoms with van der Waals surface area (Å²) in [6.45, 7) is 0. The molecule has 0 bridgehead atoms. The van der Waals surface area contributed by atoms with Crippen molar-refractivity contribution in [3.8, 4) is 17.3 Å². The van der Waals surface area contributed by atoms with Crippen LogP contribution in [0, 0.1) is 17.2 Å². The third-order valence-electron chi connectivity index (χ3n) is 3.38. The van der Waals surface area contributed by atoms with E-state index in [1.807, 2.05) is 0 Å². The molecule has 1 fully saturated rings. The summed E-state index contributed by atoms with van der Waals surface area (Å²) in [7, 11) is 0. The van der Waals surface area contributed by atoms with Crippen LogP contribution in [0.2, 0.25) is 15.2 Å². The number of nitriles is 1. The van der Waals surface area contributed by atoms with Crippen molar-refractivity contribution in [2.75, 3.05) is 0 Å². The summed E-state index contributed by atoms with van der Waals surface area (Å²) in [5, 5.41) is 10.3. The third-order valence-corrected chi connectivity index (χ3v) is 4.40. The van der Waals surface area contributed by atoms with Crippen molar-refractivity contribution in [1.29, 1.82) is 5.26 Å². The Bertz CT molecular complexity index is 749. The lowest BCUT2D eigenvalue weighted by molar-refractivity contribution is 0.770. The first-order valence-corrected chi connectivity index (χ1v) is 7.64. The number of hydrogen-bond donors (Lipinski definition) is 0. The first kappa shape index (κ1) is 14.6. The number of benzene rings is 1. The molecule has 0 unspecified atom stereocenters. The minimum Gasteiger partial charge on any atom is -0.231 e. The highest BCUT2D eigenvalue weighted by Crippen LogP contribution is 2.34. The second-order valence-electron chi connectivity index (χ2n) is 5.04. The molecule has 1 saturated carbocycles. The molecular weight excluding hydrogens is 329 g/mol. The minimum absolute atomic E-state index is 0.184. The number of aromatic nitrogens is 2. The molecule has 1 aromatic carbocycles. The van der Waals surface area contributed by atoms with Crippen LogP contribution in [-0.2, 0) is 6.42 Å². The number of halogens is 3. The van der Waals surface area contributed by atoms with Gasteiger partial charge in [0, 0.05) is 12.0 Å². The lowest BCUT2D eigenvalue weighted by atomic mass is 10.1. The Balaban J connectivity index is 2.11. The van der Waals surface area contributed by atoms with Gasteiger partial charge in [0.15, 0.2) is 5.15 Å². The van der Waals surface area contributed by atoms with Gasteiger partial charge in [-0.15, -0.1) is 0 Å². The Labute approximate surface area is 137 Å². The summed E-state index contributed by atoms with van der Waals surface area (Å²) < 4.78 is 0. The van der Waals surface area contributed by atoms with E-state index >= 15 is 0 Å². The largest absolute Gasteiger partial charge is 0.231 e. The van der Waals surface area contributed by atoms with E-state index in [0.717, 1.165) is 6.42 Å². The molecule has 1 aromatic heterocycles. The fraction of sp³-hybridized carbons (Fsp3) is 0.267. The van der Waals surface area contributed by atoms with Gasteiger partial charge in [-0.2, -0.15) is 5.26 Å². The molecule has 1 heterocycles. The fourth-order valence-corrected chi connectivity index (χ4v) is 2.63. The van der Waals surface area contributed by atoms with Crippen molar-refractivity contribution in [3.05, 3.63) is 44.8 Å². The van der Waals surface area contributed by atoms with Crippen molar-refractivity contribution in [2.24, 2.45) is 5.92 Å². The maximum Gasteiger partial charge on any atom is 0.151 e. The highest BCUT2D eigenvalue weighted by Gasteiger charge is 2.24. The highest BCUT2D eigenvalue weighted by molar-refractivity contribution is 6.42. The van der Waals surface area contributed by atoms with Crippen LogP contribution in [0.1, 0.15) is 24.2 Å². The summed E-state index contributed by atoms with van der Waals surface area (Å²) in [5.74, 6) is 1.30. The summed E-state index contributed by atoms with van der Waals surface area (Å²) in [6, 6.07) is 7.19. The molecule has 0 atom stereocenters. The van der Waals surface area contributed by atoms with E-state index in [1.54, 1.807) is 18.2 Å². The standard InChI is InChI=1S/C15H10Cl3N3/c16-11-4-3-9(6-12(11)17)14-10(7-19)15(18)21-13(20-14)5-8-1-2-8/h3-4,6,8H,1-2,5H2. The van der Waals surface area contributed by atoms with Gasteiger partial charge in [-0.3, -0.25) is 0 Å². The Kier molecular flexibility index (Phi) is 4.03. The summed E-state index contributed by atoms with van der Waals surface area (Å²) >= 11 is 18.1. The minimum atomic E-state index is 0.184. The van der Waals surface area contributed by atoms with Crippen LogP contribution in [0.4, 0.5) is 0 Å². The van der Waals surface area contributed by atoms with Crippen LogP contribution < -0.4 is 0 Å². The van der Waals surface area contributed by atoms with Gasteiger partial charge in [-0.05, 0) is 30.9 Å². The number of rotatable bonds is 3.